The summed E-state index contributed by atoms with van der Waals surface area (Å²) in [6.07, 6.45) is 7.98. The largest absolute Gasteiger partial charge is 0.0654 e. The molecule has 0 heterocycles. The lowest BCUT2D eigenvalue weighted by Gasteiger charge is -2.07. The quantitative estimate of drug-likeness (QED) is 0.525. The smallest absolute Gasteiger partial charge is 0.0181 e. The van der Waals surface area contributed by atoms with Crippen LogP contribution in [0, 0.1) is 6.92 Å². The van der Waals surface area contributed by atoms with Crippen LogP contribution in [0.5, 0.6) is 0 Å². The lowest BCUT2D eigenvalue weighted by Crippen LogP contribution is -1.88. The zero-order valence-electron chi connectivity index (χ0n) is 12.9. The minimum absolute atomic E-state index is 1.21. The maximum atomic E-state index is 2.36. The molecule has 0 bridgehead atoms. The molecular weight excluding hydrogens is 240 g/mol. The third-order valence-electron chi connectivity index (χ3n) is 3.85. The lowest BCUT2D eigenvalue weighted by molar-refractivity contribution is 0.632. The van der Waals surface area contributed by atoms with Gasteiger partial charge in [0.1, 0.15) is 0 Å². The predicted octanol–water partition coefficient (Wildman–Crippen LogP) is 6.17. The Labute approximate surface area is 123 Å². The molecule has 0 N–H and O–H groups in total. The van der Waals surface area contributed by atoms with E-state index in [1.54, 1.807) is 0 Å². The van der Waals surface area contributed by atoms with Crippen molar-refractivity contribution in [2.75, 3.05) is 0 Å². The standard InChI is InChI=1S/C20H26/c1-3-4-5-6-7-11-18-12-9-14-20(16-18)19-13-8-10-17(2)15-19/h8-10,12-16H,3-7,11H2,1-2H3. The van der Waals surface area contributed by atoms with Crippen molar-refractivity contribution in [3.63, 3.8) is 0 Å². The van der Waals surface area contributed by atoms with Crippen LogP contribution in [0.25, 0.3) is 11.1 Å². The Morgan fingerprint density at radius 1 is 0.750 bits per heavy atom. The Bertz CT molecular complexity index is 525. The minimum Gasteiger partial charge on any atom is -0.0654 e. The molecule has 0 saturated carbocycles. The number of benzene rings is 2. The highest BCUT2D eigenvalue weighted by molar-refractivity contribution is 5.64. The van der Waals surface area contributed by atoms with Crippen LogP contribution in [0.4, 0.5) is 0 Å². The van der Waals surface area contributed by atoms with Gasteiger partial charge in [0.2, 0.25) is 0 Å². The van der Waals surface area contributed by atoms with Gasteiger partial charge in [0.25, 0.3) is 0 Å². The van der Waals surface area contributed by atoms with Crippen LogP contribution < -0.4 is 0 Å². The third kappa shape index (κ3) is 4.52. The van der Waals surface area contributed by atoms with E-state index in [9.17, 15) is 0 Å². The van der Waals surface area contributed by atoms with Gasteiger partial charge in [-0.2, -0.15) is 0 Å². The van der Waals surface area contributed by atoms with E-state index in [0.29, 0.717) is 0 Å². The van der Waals surface area contributed by atoms with Gasteiger partial charge >= 0.3 is 0 Å². The molecular formula is C20H26. The fraction of sp³-hybridized carbons (Fsp3) is 0.400. The molecule has 0 amide bonds. The van der Waals surface area contributed by atoms with Gasteiger partial charge in [-0.15, -0.1) is 0 Å². The molecule has 106 valence electrons. The van der Waals surface area contributed by atoms with E-state index in [2.05, 4.69) is 62.4 Å². The van der Waals surface area contributed by atoms with Crippen molar-refractivity contribution in [1.29, 1.82) is 0 Å². The average Bonchev–Trinajstić information content (AvgIpc) is 2.47. The summed E-state index contributed by atoms with van der Waals surface area (Å²) in [5.41, 5.74) is 5.48. The molecule has 0 spiro atoms. The number of hydrogen-bond acceptors (Lipinski definition) is 0. The van der Waals surface area contributed by atoms with Crippen LogP contribution in [-0.4, -0.2) is 0 Å². The van der Waals surface area contributed by atoms with Crippen LogP contribution >= 0.6 is 0 Å². The summed E-state index contributed by atoms with van der Waals surface area (Å²) >= 11 is 0. The molecule has 0 heteroatoms. The van der Waals surface area contributed by atoms with Crippen molar-refractivity contribution in [1.82, 2.24) is 0 Å². The van der Waals surface area contributed by atoms with Gasteiger partial charge in [-0.25, -0.2) is 0 Å². The molecule has 0 nitrogen and oxygen atoms in total. The first-order valence-electron chi connectivity index (χ1n) is 7.95. The van der Waals surface area contributed by atoms with Crippen LogP contribution in [0.15, 0.2) is 48.5 Å². The van der Waals surface area contributed by atoms with E-state index in [-0.39, 0.29) is 0 Å². The normalized spacial score (nSPS) is 10.7. The number of hydrogen-bond donors (Lipinski definition) is 0. The number of aryl methyl sites for hydroxylation is 2. The Balaban J connectivity index is 1.97. The third-order valence-corrected chi connectivity index (χ3v) is 3.85. The summed E-state index contributed by atoms with van der Waals surface area (Å²) in [6.45, 7) is 4.42. The van der Waals surface area contributed by atoms with Crippen molar-refractivity contribution in [2.45, 2.75) is 52.4 Å². The highest BCUT2D eigenvalue weighted by atomic mass is 14.0. The van der Waals surface area contributed by atoms with Crippen molar-refractivity contribution in [3.05, 3.63) is 59.7 Å². The van der Waals surface area contributed by atoms with Crippen molar-refractivity contribution in [2.24, 2.45) is 0 Å². The highest BCUT2D eigenvalue weighted by Gasteiger charge is 2.00. The number of unbranched alkanes of at least 4 members (excludes halogenated alkanes) is 4. The molecule has 0 aliphatic rings. The van der Waals surface area contributed by atoms with Crippen molar-refractivity contribution in [3.8, 4) is 11.1 Å². The van der Waals surface area contributed by atoms with Gasteiger partial charge in [0, 0.05) is 0 Å². The Kier molecular flexibility index (Phi) is 5.86. The predicted molar refractivity (Wildman–Crippen MR) is 89.1 cm³/mol. The summed E-state index contributed by atoms with van der Waals surface area (Å²) < 4.78 is 0. The summed E-state index contributed by atoms with van der Waals surface area (Å²) in [7, 11) is 0. The summed E-state index contributed by atoms with van der Waals surface area (Å²) in [6, 6.07) is 17.8. The fourth-order valence-corrected chi connectivity index (χ4v) is 2.66. The Morgan fingerprint density at radius 2 is 1.45 bits per heavy atom. The zero-order chi connectivity index (χ0) is 14.2. The van der Waals surface area contributed by atoms with Gasteiger partial charge in [-0.1, -0.05) is 86.7 Å². The van der Waals surface area contributed by atoms with E-state index in [1.807, 2.05) is 0 Å². The molecule has 0 aliphatic carbocycles. The maximum Gasteiger partial charge on any atom is -0.0181 e. The topological polar surface area (TPSA) is 0 Å². The Hall–Kier alpha value is -1.56. The van der Waals surface area contributed by atoms with Crippen molar-refractivity contribution >= 4 is 0 Å². The van der Waals surface area contributed by atoms with Gasteiger partial charge in [-0.3, -0.25) is 0 Å². The first-order valence-corrected chi connectivity index (χ1v) is 7.95. The molecule has 0 unspecified atom stereocenters. The van der Waals surface area contributed by atoms with Gasteiger partial charge in [-0.05, 0) is 36.5 Å². The van der Waals surface area contributed by atoms with Crippen LogP contribution in [-0.2, 0) is 6.42 Å². The molecule has 0 aliphatic heterocycles. The maximum absolute atomic E-state index is 2.36. The minimum atomic E-state index is 1.21. The first-order chi connectivity index (χ1) is 9.79. The monoisotopic (exact) mass is 266 g/mol. The molecule has 0 fully saturated rings. The van der Waals surface area contributed by atoms with Crippen LogP contribution in [0.3, 0.4) is 0 Å². The van der Waals surface area contributed by atoms with E-state index in [4.69, 9.17) is 0 Å². The molecule has 0 radical (unpaired) electrons. The Morgan fingerprint density at radius 3 is 2.20 bits per heavy atom. The highest BCUT2D eigenvalue weighted by Crippen LogP contribution is 2.22. The van der Waals surface area contributed by atoms with E-state index < -0.39 is 0 Å². The van der Waals surface area contributed by atoms with Gasteiger partial charge in [0.05, 0.1) is 0 Å². The van der Waals surface area contributed by atoms with E-state index in [0.717, 1.165) is 0 Å². The molecule has 2 rings (SSSR count). The average molecular weight is 266 g/mol. The molecule has 0 saturated heterocycles. The molecule has 0 aromatic heterocycles. The second-order valence-electron chi connectivity index (χ2n) is 5.73. The molecule has 20 heavy (non-hydrogen) atoms. The molecule has 2 aromatic rings. The fourth-order valence-electron chi connectivity index (χ4n) is 2.66. The zero-order valence-corrected chi connectivity index (χ0v) is 12.9. The van der Waals surface area contributed by atoms with E-state index in [1.165, 1.54) is 60.8 Å². The van der Waals surface area contributed by atoms with Gasteiger partial charge in [0.15, 0.2) is 0 Å². The van der Waals surface area contributed by atoms with Gasteiger partial charge < -0.3 is 0 Å². The molecule has 2 aromatic carbocycles. The van der Waals surface area contributed by atoms with Crippen molar-refractivity contribution < 1.29 is 0 Å². The lowest BCUT2D eigenvalue weighted by atomic mass is 9.99. The summed E-state index contributed by atoms with van der Waals surface area (Å²) in [5.74, 6) is 0. The molecule has 0 atom stereocenters. The summed E-state index contributed by atoms with van der Waals surface area (Å²) in [4.78, 5) is 0. The van der Waals surface area contributed by atoms with E-state index >= 15 is 0 Å². The van der Waals surface area contributed by atoms with Crippen LogP contribution in [0.2, 0.25) is 0 Å². The second-order valence-corrected chi connectivity index (χ2v) is 5.73. The number of rotatable bonds is 7. The first kappa shape index (κ1) is 14.8. The van der Waals surface area contributed by atoms with Crippen LogP contribution in [0.1, 0.15) is 50.2 Å². The summed E-state index contributed by atoms with van der Waals surface area (Å²) in [5, 5.41) is 0. The second kappa shape index (κ2) is 7.89. The SMILES string of the molecule is CCCCCCCc1cccc(-c2cccc(C)c2)c1.